The lowest BCUT2D eigenvalue weighted by Gasteiger charge is -1.97. The zero-order valence-electron chi connectivity index (χ0n) is 9.84. The van der Waals surface area contributed by atoms with Crippen LogP contribution in [-0.4, -0.2) is 27.6 Å². The SMILES string of the molecule is COC(=O)Cn1nc(-c2ccc(Cl)cc2)n(F)c1=O. The molecule has 1 heterocycles. The highest BCUT2D eigenvalue weighted by Crippen LogP contribution is 2.18. The van der Waals surface area contributed by atoms with E-state index in [1.807, 2.05) is 0 Å². The maximum Gasteiger partial charge on any atom is 0.375 e. The van der Waals surface area contributed by atoms with E-state index in [2.05, 4.69) is 9.84 Å². The maximum absolute atomic E-state index is 13.7. The molecule has 100 valence electrons. The van der Waals surface area contributed by atoms with Gasteiger partial charge in [-0.25, -0.2) is 4.79 Å². The number of carbonyl (C=O) groups is 1. The topological polar surface area (TPSA) is 66.1 Å². The lowest BCUT2D eigenvalue weighted by molar-refractivity contribution is -0.141. The molecule has 0 fully saturated rings. The molecule has 0 aliphatic heterocycles. The Labute approximate surface area is 111 Å². The fraction of sp³-hybridized carbons (Fsp3) is 0.182. The first-order valence-corrected chi connectivity index (χ1v) is 5.59. The Hall–Kier alpha value is -2.15. The van der Waals surface area contributed by atoms with Crippen molar-refractivity contribution in [3.8, 4) is 11.4 Å². The third-order valence-electron chi connectivity index (χ3n) is 2.40. The van der Waals surface area contributed by atoms with Gasteiger partial charge in [-0.05, 0) is 24.3 Å². The van der Waals surface area contributed by atoms with E-state index in [0.29, 0.717) is 15.3 Å². The molecule has 0 saturated carbocycles. The van der Waals surface area contributed by atoms with E-state index in [0.717, 1.165) is 0 Å². The van der Waals surface area contributed by atoms with Crippen LogP contribution in [0.25, 0.3) is 11.4 Å². The fourth-order valence-corrected chi connectivity index (χ4v) is 1.57. The van der Waals surface area contributed by atoms with Crippen molar-refractivity contribution in [2.45, 2.75) is 6.54 Å². The van der Waals surface area contributed by atoms with Gasteiger partial charge < -0.3 is 4.74 Å². The molecule has 6 nitrogen and oxygen atoms in total. The highest BCUT2D eigenvalue weighted by molar-refractivity contribution is 6.30. The summed E-state index contributed by atoms with van der Waals surface area (Å²) in [6.07, 6.45) is 0. The average Bonchev–Trinajstić information content (AvgIpc) is 2.68. The molecule has 2 aromatic rings. The van der Waals surface area contributed by atoms with Crippen molar-refractivity contribution in [3.05, 3.63) is 39.8 Å². The Morgan fingerprint density at radius 3 is 2.63 bits per heavy atom. The molecule has 0 amide bonds. The molecule has 0 radical (unpaired) electrons. The molecule has 0 aliphatic carbocycles. The first kappa shape index (κ1) is 13.3. The van der Waals surface area contributed by atoms with Gasteiger partial charge in [0.1, 0.15) is 6.54 Å². The first-order chi connectivity index (χ1) is 9.02. The number of esters is 1. The molecule has 2 rings (SSSR count). The Morgan fingerprint density at radius 1 is 1.42 bits per heavy atom. The summed E-state index contributed by atoms with van der Waals surface area (Å²) >= 11 is 5.71. The number of methoxy groups -OCH3 is 1. The second-order valence-electron chi connectivity index (χ2n) is 3.63. The van der Waals surface area contributed by atoms with Crippen molar-refractivity contribution in [1.29, 1.82) is 0 Å². The number of nitrogens with zero attached hydrogens (tertiary/aromatic N) is 3. The van der Waals surface area contributed by atoms with Crippen molar-refractivity contribution in [2.24, 2.45) is 0 Å². The van der Waals surface area contributed by atoms with Crippen molar-refractivity contribution < 1.29 is 14.0 Å². The van der Waals surface area contributed by atoms with Gasteiger partial charge in [-0.15, -0.1) is 9.89 Å². The number of hydrogen-bond acceptors (Lipinski definition) is 4. The van der Waals surface area contributed by atoms with Crippen LogP contribution >= 0.6 is 11.6 Å². The smallest absolute Gasteiger partial charge is 0.375 e. The molecule has 1 aromatic carbocycles. The van der Waals surface area contributed by atoms with Crippen LogP contribution < -0.4 is 5.69 Å². The van der Waals surface area contributed by atoms with Crippen LogP contribution in [0.15, 0.2) is 29.1 Å². The number of halogens is 2. The van der Waals surface area contributed by atoms with Gasteiger partial charge >= 0.3 is 11.7 Å². The molecule has 1 aromatic heterocycles. The van der Waals surface area contributed by atoms with Crippen LogP contribution in [0.4, 0.5) is 4.48 Å². The molecule has 8 heteroatoms. The van der Waals surface area contributed by atoms with Gasteiger partial charge in [0.05, 0.1) is 7.11 Å². The minimum absolute atomic E-state index is 0.133. The largest absolute Gasteiger partial charge is 0.468 e. The van der Waals surface area contributed by atoms with Crippen LogP contribution in [0.1, 0.15) is 0 Å². The average molecular weight is 286 g/mol. The minimum Gasteiger partial charge on any atom is -0.468 e. The Morgan fingerprint density at radius 2 is 2.05 bits per heavy atom. The summed E-state index contributed by atoms with van der Waals surface area (Å²) in [4.78, 5) is 22.5. The van der Waals surface area contributed by atoms with Gasteiger partial charge in [0, 0.05) is 10.6 Å². The van der Waals surface area contributed by atoms with E-state index in [4.69, 9.17) is 11.6 Å². The zero-order chi connectivity index (χ0) is 14.0. The molecular formula is C11H9ClFN3O3. The van der Waals surface area contributed by atoms with Crippen molar-refractivity contribution in [1.82, 2.24) is 14.6 Å². The molecule has 0 atom stereocenters. The monoisotopic (exact) mass is 285 g/mol. The minimum atomic E-state index is -1.05. The van der Waals surface area contributed by atoms with Crippen molar-refractivity contribution >= 4 is 17.6 Å². The van der Waals surface area contributed by atoms with Gasteiger partial charge in [-0.1, -0.05) is 16.1 Å². The molecule has 0 bridgehead atoms. The van der Waals surface area contributed by atoms with Crippen molar-refractivity contribution in [3.63, 3.8) is 0 Å². The summed E-state index contributed by atoms with van der Waals surface area (Å²) in [5.41, 5.74) is -0.678. The Balaban J connectivity index is 2.43. The van der Waals surface area contributed by atoms with Gasteiger partial charge in [0.15, 0.2) is 5.82 Å². The first-order valence-electron chi connectivity index (χ1n) is 5.21. The predicted molar refractivity (Wildman–Crippen MR) is 65.5 cm³/mol. The number of carbonyl (C=O) groups excluding carboxylic acids is 1. The molecule has 0 unspecified atom stereocenters. The third-order valence-corrected chi connectivity index (χ3v) is 2.65. The number of ether oxygens (including phenoxy) is 1. The lowest BCUT2D eigenvalue weighted by atomic mass is 10.2. The van der Waals surface area contributed by atoms with E-state index < -0.39 is 18.2 Å². The lowest BCUT2D eigenvalue weighted by Crippen LogP contribution is -2.25. The summed E-state index contributed by atoms with van der Waals surface area (Å²) in [6, 6.07) is 6.12. The summed E-state index contributed by atoms with van der Waals surface area (Å²) < 4.78 is 18.8. The van der Waals surface area contributed by atoms with Gasteiger partial charge in [0.2, 0.25) is 0 Å². The Kier molecular flexibility index (Phi) is 3.66. The fourth-order valence-electron chi connectivity index (χ4n) is 1.45. The Bertz CT molecular complexity index is 663. The standard InChI is InChI=1S/C11H9ClFN3O3/c1-19-9(17)6-15-11(18)16(13)10(14-15)7-2-4-8(12)5-3-7/h2-5H,6H2,1H3. The van der Waals surface area contributed by atoms with Crippen LogP contribution in [0, 0.1) is 0 Å². The van der Waals surface area contributed by atoms with Gasteiger partial charge in [-0.2, -0.15) is 4.68 Å². The van der Waals surface area contributed by atoms with Crippen LogP contribution in [0.2, 0.25) is 5.02 Å². The van der Waals surface area contributed by atoms with E-state index >= 15 is 0 Å². The van der Waals surface area contributed by atoms with Crippen LogP contribution in [0.5, 0.6) is 0 Å². The highest BCUT2D eigenvalue weighted by atomic mass is 35.5. The van der Waals surface area contributed by atoms with E-state index in [-0.39, 0.29) is 10.6 Å². The number of benzene rings is 1. The summed E-state index contributed by atoms with van der Waals surface area (Å²) in [5, 5.41) is 4.22. The van der Waals surface area contributed by atoms with E-state index in [9.17, 15) is 14.1 Å². The third kappa shape index (κ3) is 2.65. The van der Waals surface area contributed by atoms with E-state index in [1.165, 1.54) is 19.2 Å². The van der Waals surface area contributed by atoms with E-state index in [1.54, 1.807) is 12.1 Å². The summed E-state index contributed by atoms with van der Waals surface area (Å²) in [6.45, 7) is -0.452. The van der Waals surface area contributed by atoms with Crippen LogP contribution in [0.3, 0.4) is 0 Å². The number of hydrogen-bond donors (Lipinski definition) is 0. The normalized spacial score (nSPS) is 10.5. The molecular weight excluding hydrogens is 277 g/mol. The molecule has 0 spiro atoms. The molecule has 19 heavy (non-hydrogen) atoms. The number of aromatic nitrogens is 3. The zero-order valence-corrected chi connectivity index (χ0v) is 10.6. The molecule has 0 aliphatic rings. The van der Waals surface area contributed by atoms with Gasteiger partial charge in [0.25, 0.3) is 0 Å². The highest BCUT2D eigenvalue weighted by Gasteiger charge is 2.17. The second kappa shape index (κ2) is 5.23. The summed E-state index contributed by atoms with van der Waals surface area (Å²) in [7, 11) is 1.17. The molecule has 0 saturated heterocycles. The summed E-state index contributed by atoms with van der Waals surface area (Å²) in [5.74, 6) is -0.895. The predicted octanol–water partition coefficient (Wildman–Crippen LogP) is 1.27. The quantitative estimate of drug-likeness (QED) is 0.797. The van der Waals surface area contributed by atoms with Crippen LogP contribution in [-0.2, 0) is 16.1 Å². The van der Waals surface area contributed by atoms with Gasteiger partial charge in [-0.3, -0.25) is 4.79 Å². The molecule has 0 N–H and O–H groups in total. The number of rotatable bonds is 3. The second-order valence-corrected chi connectivity index (χ2v) is 4.06. The maximum atomic E-state index is 13.7. The van der Waals surface area contributed by atoms with Crippen molar-refractivity contribution in [2.75, 3.05) is 7.11 Å².